The molecule has 1 N–H and O–H groups in total. The number of pyridine rings is 1. The fraction of sp³-hybridized carbons (Fsp3) is 0.368. The van der Waals surface area contributed by atoms with E-state index < -0.39 is 21.3 Å². The summed E-state index contributed by atoms with van der Waals surface area (Å²) in [6, 6.07) is 10.6. The molecule has 6 heteroatoms. The molecule has 134 valence electrons. The van der Waals surface area contributed by atoms with E-state index in [0.717, 1.165) is 12.0 Å². The van der Waals surface area contributed by atoms with Gasteiger partial charge in [0, 0.05) is 12.4 Å². The first-order valence-corrected chi connectivity index (χ1v) is 9.68. The van der Waals surface area contributed by atoms with Crippen molar-refractivity contribution < 1.29 is 13.2 Å². The number of carbonyl (C=O) groups is 1. The molecule has 1 heterocycles. The van der Waals surface area contributed by atoms with Gasteiger partial charge in [0.05, 0.1) is 5.41 Å². The van der Waals surface area contributed by atoms with E-state index in [2.05, 4.69) is 23.6 Å². The number of amides is 1. The van der Waals surface area contributed by atoms with E-state index in [1.165, 1.54) is 30.1 Å². The van der Waals surface area contributed by atoms with Crippen molar-refractivity contribution in [1.82, 2.24) is 9.71 Å². The Bertz CT molecular complexity index is 827. The highest BCUT2D eigenvalue weighted by Gasteiger charge is 2.33. The minimum atomic E-state index is -3.94. The maximum absolute atomic E-state index is 12.6. The van der Waals surface area contributed by atoms with E-state index in [4.69, 9.17) is 0 Å². The van der Waals surface area contributed by atoms with Crippen molar-refractivity contribution in [2.45, 2.75) is 44.4 Å². The highest BCUT2D eigenvalue weighted by molar-refractivity contribution is 7.90. The van der Waals surface area contributed by atoms with Gasteiger partial charge in [-0.25, -0.2) is 13.1 Å². The molecular formula is C19H24N2O3S. The van der Waals surface area contributed by atoms with Crippen LogP contribution in [0.1, 0.15) is 38.8 Å². The van der Waals surface area contributed by atoms with Gasteiger partial charge in [0.1, 0.15) is 4.90 Å². The van der Waals surface area contributed by atoms with Crippen molar-refractivity contribution >= 4 is 15.9 Å². The fourth-order valence-corrected chi connectivity index (χ4v) is 3.55. The van der Waals surface area contributed by atoms with Gasteiger partial charge in [0.25, 0.3) is 10.0 Å². The molecule has 0 spiro atoms. The Morgan fingerprint density at radius 2 is 1.80 bits per heavy atom. The molecule has 0 aliphatic heterocycles. The summed E-state index contributed by atoms with van der Waals surface area (Å²) in [7, 11) is -3.94. The third-order valence-corrected chi connectivity index (χ3v) is 5.38. The van der Waals surface area contributed by atoms with E-state index in [-0.39, 0.29) is 4.90 Å². The maximum Gasteiger partial charge on any atom is 0.265 e. The molecule has 0 fully saturated rings. The van der Waals surface area contributed by atoms with Crippen LogP contribution in [0.2, 0.25) is 0 Å². The van der Waals surface area contributed by atoms with Gasteiger partial charge in [-0.2, -0.15) is 0 Å². The Kier molecular flexibility index (Phi) is 5.62. The Morgan fingerprint density at radius 3 is 2.32 bits per heavy atom. The number of nitrogens with zero attached hydrogens (tertiary/aromatic N) is 1. The Morgan fingerprint density at radius 1 is 1.16 bits per heavy atom. The van der Waals surface area contributed by atoms with Gasteiger partial charge in [-0.05, 0) is 49.4 Å². The minimum Gasteiger partial charge on any atom is -0.273 e. The number of sulfonamides is 1. The normalized spacial score (nSPS) is 12.2. The number of benzene rings is 1. The average molecular weight is 360 g/mol. The van der Waals surface area contributed by atoms with Gasteiger partial charge < -0.3 is 0 Å². The molecule has 0 saturated carbocycles. The van der Waals surface area contributed by atoms with Crippen LogP contribution >= 0.6 is 0 Å². The van der Waals surface area contributed by atoms with E-state index in [1.807, 2.05) is 24.3 Å². The minimum absolute atomic E-state index is 0.0357. The lowest BCUT2D eigenvalue weighted by atomic mass is 9.83. The smallest absolute Gasteiger partial charge is 0.265 e. The van der Waals surface area contributed by atoms with Crippen molar-refractivity contribution in [2.75, 3.05) is 0 Å². The second kappa shape index (κ2) is 7.35. The van der Waals surface area contributed by atoms with Gasteiger partial charge in [0.15, 0.2) is 0 Å². The first kappa shape index (κ1) is 19.1. The summed E-state index contributed by atoms with van der Waals surface area (Å²) in [6.45, 7) is 7.71. The largest absolute Gasteiger partial charge is 0.273 e. The van der Waals surface area contributed by atoms with Gasteiger partial charge in [-0.15, -0.1) is 0 Å². The number of rotatable bonds is 6. The van der Waals surface area contributed by atoms with Crippen LogP contribution in [0.4, 0.5) is 0 Å². The summed E-state index contributed by atoms with van der Waals surface area (Å²) in [5, 5.41) is 0. The molecule has 1 amide bonds. The summed E-state index contributed by atoms with van der Waals surface area (Å²) in [5.74, 6) is -0.0280. The second-order valence-electron chi connectivity index (χ2n) is 7.04. The SMILES string of the molecule is CC(C)Cc1ccc(C(C)(C)C(=O)NS(=O)(=O)c2cccnc2)cc1. The Balaban J connectivity index is 2.20. The predicted molar refractivity (Wildman–Crippen MR) is 97.6 cm³/mol. The molecule has 0 aliphatic carbocycles. The molecule has 25 heavy (non-hydrogen) atoms. The summed E-state index contributed by atoms with van der Waals surface area (Å²) in [6.07, 6.45) is 3.65. The van der Waals surface area contributed by atoms with Crippen LogP contribution in [0.5, 0.6) is 0 Å². The molecule has 0 saturated heterocycles. The fourth-order valence-electron chi connectivity index (χ4n) is 2.47. The quantitative estimate of drug-likeness (QED) is 0.859. The van der Waals surface area contributed by atoms with Crippen LogP contribution in [-0.2, 0) is 26.7 Å². The summed E-state index contributed by atoms with van der Waals surface area (Å²) >= 11 is 0. The molecule has 1 aromatic heterocycles. The van der Waals surface area contributed by atoms with E-state index >= 15 is 0 Å². The molecule has 0 bridgehead atoms. The highest BCUT2D eigenvalue weighted by atomic mass is 32.2. The topological polar surface area (TPSA) is 76.1 Å². The van der Waals surface area contributed by atoms with Gasteiger partial charge in [-0.1, -0.05) is 38.1 Å². The first-order chi connectivity index (χ1) is 11.6. The van der Waals surface area contributed by atoms with E-state index in [0.29, 0.717) is 5.92 Å². The van der Waals surface area contributed by atoms with Crippen molar-refractivity contribution in [3.63, 3.8) is 0 Å². The van der Waals surface area contributed by atoms with Gasteiger partial charge in [-0.3, -0.25) is 9.78 Å². The van der Waals surface area contributed by atoms with Crippen molar-refractivity contribution in [2.24, 2.45) is 5.92 Å². The molecule has 0 radical (unpaired) electrons. The van der Waals surface area contributed by atoms with E-state index in [1.54, 1.807) is 13.8 Å². The molecule has 2 rings (SSSR count). The van der Waals surface area contributed by atoms with Gasteiger partial charge >= 0.3 is 0 Å². The molecule has 0 atom stereocenters. The average Bonchev–Trinajstić information content (AvgIpc) is 2.55. The zero-order valence-corrected chi connectivity index (χ0v) is 15.8. The lowest BCUT2D eigenvalue weighted by Crippen LogP contribution is -2.43. The third kappa shape index (κ3) is 4.66. The zero-order valence-electron chi connectivity index (χ0n) is 15.0. The Labute approximate surface area is 149 Å². The lowest BCUT2D eigenvalue weighted by Gasteiger charge is -2.24. The maximum atomic E-state index is 12.6. The molecular weight excluding hydrogens is 336 g/mol. The van der Waals surface area contributed by atoms with Crippen molar-refractivity contribution in [1.29, 1.82) is 0 Å². The summed E-state index contributed by atoms with van der Waals surface area (Å²) < 4.78 is 26.8. The Hall–Kier alpha value is -2.21. The number of hydrogen-bond acceptors (Lipinski definition) is 4. The van der Waals surface area contributed by atoms with Crippen LogP contribution in [0.3, 0.4) is 0 Å². The molecule has 5 nitrogen and oxygen atoms in total. The first-order valence-electron chi connectivity index (χ1n) is 8.19. The van der Waals surface area contributed by atoms with E-state index in [9.17, 15) is 13.2 Å². The molecule has 0 aliphatic rings. The van der Waals surface area contributed by atoms with Crippen LogP contribution in [0, 0.1) is 5.92 Å². The van der Waals surface area contributed by atoms with Crippen molar-refractivity contribution in [3.05, 3.63) is 59.9 Å². The molecule has 1 aromatic carbocycles. The predicted octanol–water partition coefficient (Wildman–Crippen LogP) is 3.06. The van der Waals surface area contributed by atoms with Crippen molar-refractivity contribution in [3.8, 4) is 0 Å². The number of hydrogen-bond donors (Lipinski definition) is 1. The van der Waals surface area contributed by atoms with Crippen LogP contribution in [0.15, 0.2) is 53.7 Å². The number of carbonyl (C=O) groups excluding carboxylic acids is 1. The monoisotopic (exact) mass is 360 g/mol. The highest BCUT2D eigenvalue weighted by Crippen LogP contribution is 2.25. The van der Waals surface area contributed by atoms with Crippen LogP contribution in [0.25, 0.3) is 0 Å². The number of nitrogens with one attached hydrogen (secondary N) is 1. The summed E-state index contributed by atoms with van der Waals surface area (Å²) in [4.78, 5) is 16.4. The summed E-state index contributed by atoms with van der Waals surface area (Å²) in [5.41, 5.74) is 0.975. The standard InChI is InChI=1S/C19H24N2O3S/c1-14(2)12-15-7-9-16(10-8-15)19(3,4)18(22)21-25(23,24)17-6-5-11-20-13-17/h5-11,13-14H,12H2,1-4H3,(H,21,22). The molecule has 2 aromatic rings. The molecule has 0 unspecified atom stereocenters. The zero-order chi connectivity index (χ0) is 18.7. The second-order valence-corrected chi connectivity index (χ2v) is 8.73. The van der Waals surface area contributed by atoms with Crippen LogP contribution in [-0.4, -0.2) is 19.3 Å². The van der Waals surface area contributed by atoms with Crippen LogP contribution < -0.4 is 4.72 Å². The lowest BCUT2D eigenvalue weighted by molar-refractivity contribution is -0.123. The third-order valence-electron chi connectivity index (χ3n) is 4.06. The number of aromatic nitrogens is 1. The van der Waals surface area contributed by atoms with Gasteiger partial charge in [0.2, 0.25) is 5.91 Å².